The predicted molar refractivity (Wildman–Crippen MR) is 61.3 cm³/mol. The van der Waals surface area contributed by atoms with Gasteiger partial charge in [0.2, 0.25) is 0 Å². The zero-order chi connectivity index (χ0) is 12.3. The summed E-state index contributed by atoms with van der Waals surface area (Å²) in [5.74, 6) is 0. The summed E-state index contributed by atoms with van der Waals surface area (Å²) in [6, 6.07) is 4.85. The van der Waals surface area contributed by atoms with Gasteiger partial charge in [-0.1, -0.05) is 19.1 Å². The zero-order valence-electron chi connectivity index (χ0n) is 9.43. The summed E-state index contributed by atoms with van der Waals surface area (Å²) in [5.41, 5.74) is 6.14. The number of benzene rings is 1. The van der Waals surface area contributed by atoms with Crippen LogP contribution in [0.5, 0.6) is 0 Å². The number of nitrogens with two attached hydrogens (primary N) is 1. The van der Waals surface area contributed by atoms with E-state index in [-0.39, 0.29) is 18.8 Å². The zero-order valence-corrected chi connectivity index (χ0v) is 9.43. The minimum atomic E-state index is -0.770. The molecule has 1 unspecified atom stereocenters. The van der Waals surface area contributed by atoms with Gasteiger partial charge in [-0.25, -0.2) is 0 Å². The molecular formula is C11H16N2O3. The van der Waals surface area contributed by atoms with Gasteiger partial charge in [0.05, 0.1) is 11.5 Å². The van der Waals surface area contributed by atoms with Crippen LogP contribution in [-0.4, -0.2) is 23.2 Å². The Morgan fingerprint density at radius 2 is 2.19 bits per heavy atom. The first-order valence-electron chi connectivity index (χ1n) is 5.01. The van der Waals surface area contributed by atoms with Crippen molar-refractivity contribution in [2.24, 2.45) is 5.73 Å². The van der Waals surface area contributed by atoms with E-state index in [4.69, 9.17) is 5.73 Å². The molecule has 0 saturated carbocycles. The Morgan fingerprint density at radius 1 is 1.56 bits per heavy atom. The highest BCUT2D eigenvalue weighted by Gasteiger charge is 2.33. The van der Waals surface area contributed by atoms with Crippen LogP contribution in [0.15, 0.2) is 18.2 Å². The van der Waals surface area contributed by atoms with Crippen molar-refractivity contribution in [2.75, 3.05) is 13.2 Å². The minimum Gasteiger partial charge on any atom is -0.395 e. The Morgan fingerprint density at radius 3 is 2.62 bits per heavy atom. The number of rotatable bonds is 4. The Hall–Kier alpha value is -1.46. The van der Waals surface area contributed by atoms with Gasteiger partial charge in [0.25, 0.3) is 5.69 Å². The Bertz CT molecular complexity index is 400. The maximum absolute atomic E-state index is 10.9. The van der Waals surface area contributed by atoms with E-state index in [0.717, 1.165) is 5.56 Å². The number of aliphatic hydroxyl groups excluding tert-OH is 1. The lowest BCUT2D eigenvalue weighted by atomic mass is 9.80. The Kier molecular flexibility index (Phi) is 3.62. The molecule has 0 bridgehead atoms. The topological polar surface area (TPSA) is 89.4 Å². The first-order chi connectivity index (χ1) is 7.46. The third kappa shape index (κ3) is 2.05. The van der Waals surface area contributed by atoms with E-state index in [0.29, 0.717) is 5.56 Å². The first kappa shape index (κ1) is 12.6. The summed E-state index contributed by atoms with van der Waals surface area (Å²) in [6.45, 7) is 3.46. The van der Waals surface area contributed by atoms with Crippen molar-refractivity contribution in [1.29, 1.82) is 0 Å². The van der Waals surface area contributed by atoms with Crippen LogP contribution in [0, 0.1) is 17.0 Å². The fraction of sp³-hybridized carbons (Fsp3) is 0.455. The van der Waals surface area contributed by atoms with E-state index in [1.165, 1.54) is 6.07 Å². The van der Waals surface area contributed by atoms with E-state index in [2.05, 4.69) is 0 Å². The summed E-state index contributed by atoms with van der Waals surface area (Å²) < 4.78 is 0. The SMILES string of the molecule is Cc1cccc([N+](=O)[O-])c1C(C)(CN)CO. The van der Waals surface area contributed by atoms with E-state index < -0.39 is 10.3 Å². The maximum Gasteiger partial charge on any atom is 0.273 e. The fourth-order valence-electron chi connectivity index (χ4n) is 1.84. The molecule has 0 amide bonds. The normalized spacial score (nSPS) is 14.5. The molecule has 5 nitrogen and oxygen atoms in total. The monoisotopic (exact) mass is 224 g/mol. The van der Waals surface area contributed by atoms with Crippen molar-refractivity contribution in [2.45, 2.75) is 19.3 Å². The van der Waals surface area contributed by atoms with Gasteiger partial charge in [0, 0.05) is 23.6 Å². The largest absolute Gasteiger partial charge is 0.395 e. The summed E-state index contributed by atoms with van der Waals surface area (Å²) in [7, 11) is 0. The number of hydrogen-bond donors (Lipinski definition) is 2. The number of nitrogens with zero attached hydrogens (tertiary/aromatic N) is 1. The van der Waals surface area contributed by atoms with Crippen LogP contribution >= 0.6 is 0 Å². The van der Waals surface area contributed by atoms with Gasteiger partial charge in [-0.2, -0.15) is 0 Å². The second-order valence-corrected chi connectivity index (χ2v) is 4.15. The molecule has 0 heterocycles. The Balaban J connectivity index is 3.46. The van der Waals surface area contributed by atoms with Gasteiger partial charge in [-0.15, -0.1) is 0 Å². The molecule has 16 heavy (non-hydrogen) atoms. The van der Waals surface area contributed by atoms with Crippen molar-refractivity contribution in [3.05, 3.63) is 39.4 Å². The minimum absolute atomic E-state index is 0.0157. The van der Waals surface area contributed by atoms with Crippen molar-refractivity contribution in [1.82, 2.24) is 0 Å². The number of aryl methyl sites for hydroxylation is 1. The molecule has 0 aliphatic heterocycles. The van der Waals surface area contributed by atoms with Gasteiger partial charge in [-0.05, 0) is 12.5 Å². The van der Waals surface area contributed by atoms with Crippen LogP contribution in [0.4, 0.5) is 5.69 Å². The lowest BCUT2D eigenvalue weighted by molar-refractivity contribution is -0.386. The smallest absolute Gasteiger partial charge is 0.273 e. The average Bonchev–Trinajstić information content (AvgIpc) is 2.27. The summed E-state index contributed by atoms with van der Waals surface area (Å²) in [4.78, 5) is 10.5. The highest BCUT2D eigenvalue weighted by molar-refractivity contribution is 5.50. The first-order valence-corrected chi connectivity index (χ1v) is 5.01. The molecule has 1 aromatic carbocycles. The standard InChI is InChI=1S/C11H16N2O3/c1-8-4-3-5-9(13(15)16)10(8)11(2,6-12)7-14/h3-5,14H,6-7,12H2,1-2H3. The highest BCUT2D eigenvalue weighted by atomic mass is 16.6. The second-order valence-electron chi connectivity index (χ2n) is 4.15. The molecule has 1 atom stereocenters. The van der Waals surface area contributed by atoms with Crippen molar-refractivity contribution >= 4 is 5.69 Å². The van der Waals surface area contributed by atoms with Gasteiger partial charge >= 0.3 is 0 Å². The number of nitro benzene ring substituents is 1. The van der Waals surface area contributed by atoms with E-state index in [1.54, 1.807) is 26.0 Å². The molecule has 0 aromatic heterocycles. The molecule has 0 aliphatic rings. The van der Waals surface area contributed by atoms with Crippen molar-refractivity contribution < 1.29 is 10.0 Å². The van der Waals surface area contributed by atoms with Crippen molar-refractivity contribution in [3.8, 4) is 0 Å². The molecular weight excluding hydrogens is 208 g/mol. The third-order valence-electron chi connectivity index (χ3n) is 2.85. The van der Waals surface area contributed by atoms with Crippen LogP contribution in [0.1, 0.15) is 18.1 Å². The summed E-state index contributed by atoms with van der Waals surface area (Å²) in [6.07, 6.45) is 0. The molecule has 0 saturated heterocycles. The third-order valence-corrected chi connectivity index (χ3v) is 2.85. The number of nitro groups is 1. The van der Waals surface area contributed by atoms with E-state index in [9.17, 15) is 15.2 Å². The van der Waals surface area contributed by atoms with Crippen LogP contribution in [0.3, 0.4) is 0 Å². The lowest BCUT2D eigenvalue weighted by Crippen LogP contribution is -2.36. The lowest BCUT2D eigenvalue weighted by Gasteiger charge is -2.27. The maximum atomic E-state index is 10.9. The van der Waals surface area contributed by atoms with Gasteiger partial charge in [0.15, 0.2) is 0 Å². The molecule has 1 rings (SSSR count). The quantitative estimate of drug-likeness (QED) is 0.592. The Labute approximate surface area is 94.0 Å². The molecule has 88 valence electrons. The highest BCUT2D eigenvalue weighted by Crippen LogP contribution is 2.33. The predicted octanol–water partition coefficient (Wildman–Crippen LogP) is 1.11. The van der Waals surface area contributed by atoms with Gasteiger partial charge < -0.3 is 10.8 Å². The van der Waals surface area contributed by atoms with E-state index in [1.807, 2.05) is 0 Å². The number of hydrogen-bond acceptors (Lipinski definition) is 4. The summed E-state index contributed by atoms with van der Waals surface area (Å²) >= 11 is 0. The van der Waals surface area contributed by atoms with E-state index >= 15 is 0 Å². The number of aliphatic hydroxyl groups is 1. The fourth-order valence-corrected chi connectivity index (χ4v) is 1.84. The molecule has 1 aromatic rings. The molecule has 3 N–H and O–H groups in total. The molecule has 5 heteroatoms. The van der Waals surface area contributed by atoms with Gasteiger partial charge in [0.1, 0.15) is 0 Å². The van der Waals surface area contributed by atoms with Crippen molar-refractivity contribution in [3.63, 3.8) is 0 Å². The van der Waals surface area contributed by atoms with Crippen LogP contribution in [0.2, 0.25) is 0 Å². The van der Waals surface area contributed by atoms with Crippen LogP contribution in [0.25, 0.3) is 0 Å². The van der Waals surface area contributed by atoms with Crippen LogP contribution in [-0.2, 0) is 5.41 Å². The molecule has 0 fully saturated rings. The second kappa shape index (κ2) is 4.59. The molecule has 0 aliphatic carbocycles. The molecule has 0 spiro atoms. The van der Waals surface area contributed by atoms with Crippen LogP contribution < -0.4 is 5.73 Å². The molecule has 0 radical (unpaired) electrons. The average molecular weight is 224 g/mol. The summed E-state index contributed by atoms with van der Waals surface area (Å²) in [5, 5.41) is 20.3. The van der Waals surface area contributed by atoms with Gasteiger partial charge in [-0.3, -0.25) is 10.1 Å².